The summed E-state index contributed by atoms with van der Waals surface area (Å²) in [6.45, 7) is 5.40. The average molecular weight is 282 g/mol. The van der Waals surface area contributed by atoms with Crippen molar-refractivity contribution < 1.29 is 14.7 Å². The van der Waals surface area contributed by atoms with E-state index in [1.165, 1.54) is 0 Å². The van der Waals surface area contributed by atoms with E-state index in [0.717, 1.165) is 42.8 Å². The number of carbonyl (C=O) groups is 2. The Kier molecular flexibility index (Phi) is 4.09. The molecule has 5 nitrogen and oxygen atoms in total. The molecular formula is C13H18N2O3S. The number of aromatic carboxylic acids is 1. The molecule has 1 aliphatic rings. The summed E-state index contributed by atoms with van der Waals surface area (Å²) in [5, 5.41) is 13.6. The minimum atomic E-state index is -1.000. The lowest BCUT2D eigenvalue weighted by atomic mass is 10.0. The standard InChI is InChI=1S/C13H18N2O3S/c1-8-4-3-5-15(6-8)13(18)14-10-9(2)7-19-11(10)12(16)17/h7-8H,3-6H2,1-2H3,(H,14,18)(H,16,17). The summed E-state index contributed by atoms with van der Waals surface area (Å²) in [5.41, 5.74) is 1.22. The van der Waals surface area contributed by atoms with Gasteiger partial charge in [0.1, 0.15) is 4.88 Å². The van der Waals surface area contributed by atoms with E-state index in [1.807, 2.05) is 0 Å². The molecule has 1 aromatic rings. The molecule has 0 bridgehead atoms. The molecule has 0 aromatic carbocycles. The van der Waals surface area contributed by atoms with E-state index in [4.69, 9.17) is 5.11 Å². The summed E-state index contributed by atoms with van der Waals surface area (Å²) < 4.78 is 0. The molecule has 1 fully saturated rings. The second-order valence-corrected chi connectivity index (χ2v) is 5.93. The number of carboxylic acid groups (broad SMARTS) is 1. The Hall–Kier alpha value is -1.56. The highest BCUT2D eigenvalue weighted by molar-refractivity contribution is 7.12. The zero-order valence-electron chi connectivity index (χ0n) is 11.1. The monoisotopic (exact) mass is 282 g/mol. The van der Waals surface area contributed by atoms with E-state index in [2.05, 4.69) is 12.2 Å². The fourth-order valence-corrected chi connectivity index (χ4v) is 3.16. The van der Waals surface area contributed by atoms with Gasteiger partial charge in [0.15, 0.2) is 0 Å². The number of aryl methyl sites for hydroxylation is 1. The summed E-state index contributed by atoms with van der Waals surface area (Å²) in [7, 11) is 0. The highest BCUT2D eigenvalue weighted by atomic mass is 32.1. The zero-order valence-corrected chi connectivity index (χ0v) is 11.9. The van der Waals surface area contributed by atoms with Crippen LogP contribution >= 0.6 is 11.3 Å². The first-order valence-corrected chi connectivity index (χ1v) is 7.24. The van der Waals surface area contributed by atoms with Crippen LogP contribution in [0, 0.1) is 12.8 Å². The number of hydrogen-bond donors (Lipinski definition) is 2. The summed E-state index contributed by atoms with van der Waals surface area (Å²) in [5.74, 6) is -0.498. The predicted octanol–water partition coefficient (Wildman–Crippen LogP) is 3.02. The molecule has 104 valence electrons. The number of likely N-dealkylation sites (tertiary alicyclic amines) is 1. The van der Waals surface area contributed by atoms with Gasteiger partial charge in [-0.15, -0.1) is 11.3 Å². The molecule has 1 aromatic heterocycles. The third-order valence-electron chi connectivity index (χ3n) is 3.35. The molecule has 1 saturated heterocycles. The molecule has 0 spiro atoms. The summed E-state index contributed by atoms with van der Waals surface area (Å²) >= 11 is 1.14. The molecule has 1 aliphatic heterocycles. The molecule has 1 atom stereocenters. The maximum absolute atomic E-state index is 12.2. The molecule has 0 aliphatic carbocycles. The number of piperidine rings is 1. The highest BCUT2D eigenvalue weighted by Gasteiger charge is 2.23. The third kappa shape index (κ3) is 3.07. The Bertz CT molecular complexity index is 498. The third-order valence-corrected chi connectivity index (χ3v) is 4.43. The molecule has 1 unspecified atom stereocenters. The fraction of sp³-hybridized carbons (Fsp3) is 0.538. The van der Waals surface area contributed by atoms with Gasteiger partial charge in [-0.2, -0.15) is 0 Å². The van der Waals surface area contributed by atoms with E-state index in [-0.39, 0.29) is 10.9 Å². The van der Waals surface area contributed by atoms with Crippen LogP contribution in [0.3, 0.4) is 0 Å². The van der Waals surface area contributed by atoms with Crippen molar-refractivity contribution in [3.63, 3.8) is 0 Å². The van der Waals surface area contributed by atoms with Gasteiger partial charge in [-0.3, -0.25) is 0 Å². The van der Waals surface area contributed by atoms with Gasteiger partial charge in [0.05, 0.1) is 5.69 Å². The van der Waals surface area contributed by atoms with Crippen molar-refractivity contribution >= 4 is 29.0 Å². The van der Waals surface area contributed by atoms with Crippen LogP contribution in [0.25, 0.3) is 0 Å². The molecular weight excluding hydrogens is 264 g/mol. The second-order valence-electron chi connectivity index (χ2n) is 5.05. The van der Waals surface area contributed by atoms with Crippen molar-refractivity contribution in [2.24, 2.45) is 5.92 Å². The molecule has 2 N–H and O–H groups in total. The maximum atomic E-state index is 12.2. The first-order valence-electron chi connectivity index (χ1n) is 6.36. The minimum absolute atomic E-state index is 0.191. The average Bonchev–Trinajstić information content (AvgIpc) is 2.71. The van der Waals surface area contributed by atoms with E-state index in [9.17, 15) is 9.59 Å². The number of carboxylic acids is 1. The quantitative estimate of drug-likeness (QED) is 0.876. The molecule has 2 rings (SSSR count). The second kappa shape index (κ2) is 5.61. The van der Waals surface area contributed by atoms with E-state index in [1.54, 1.807) is 17.2 Å². The van der Waals surface area contributed by atoms with Gasteiger partial charge in [-0.1, -0.05) is 6.92 Å². The normalized spacial score (nSPS) is 19.3. The number of rotatable bonds is 2. The Morgan fingerprint density at radius 3 is 2.89 bits per heavy atom. The predicted molar refractivity (Wildman–Crippen MR) is 75.0 cm³/mol. The zero-order chi connectivity index (χ0) is 14.0. The molecule has 2 amide bonds. The number of carbonyl (C=O) groups excluding carboxylic acids is 1. The fourth-order valence-electron chi connectivity index (χ4n) is 2.32. The molecule has 0 radical (unpaired) electrons. The van der Waals surface area contributed by atoms with Crippen LogP contribution in [-0.4, -0.2) is 35.1 Å². The lowest BCUT2D eigenvalue weighted by Gasteiger charge is -2.31. The number of anilines is 1. The SMILES string of the molecule is Cc1csc(C(=O)O)c1NC(=O)N1CCCC(C)C1. The number of urea groups is 1. The number of amides is 2. The Labute approximate surface area is 116 Å². The first kappa shape index (κ1) is 13.9. The summed E-state index contributed by atoms with van der Waals surface area (Å²) in [4.78, 5) is 25.2. The first-order chi connectivity index (χ1) is 8.99. The van der Waals surface area contributed by atoms with Crippen LogP contribution in [0.1, 0.15) is 35.0 Å². The van der Waals surface area contributed by atoms with Gasteiger partial charge in [0.2, 0.25) is 0 Å². The molecule has 19 heavy (non-hydrogen) atoms. The topological polar surface area (TPSA) is 69.6 Å². The van der Waals surface area contributed by atoms with Crippen molar-refractivity contribution in [1.82, 2.24) is 4.90 Å². The Balaban J connectivity index is 2.10. The summed E-state index contributed by atoms with van der Waals surface area (Å²) in [6, 6.07) is -0.199. The number of hydrogen-bond acceptors (Lipinski definition) is 3. The van der Waals surface area contributed by atoms with Crippen molar-refractivity contribution in [1.29, 1.82) is 0 Å². The van der Waals surface area contributed by atoms with Crippen molar-refractivity contribution in [3.8, 4) is 0 Å². The smallest absolute Gasteiger partial charge is 0.348 e. The minimum Gasteiger partial charge on any atom is -0.477 e. The van der Waals surface area contributed by atoms with Crippen LogP contribution in [0.15, 0.2) is 5.38 Å². The van der Waals surface area contributed by atoms with E-state index >= 15 is 0 Å². The van der Waals surface area contributed by atoms with Gasteiger partial charge >= 0.3 is 12.0 Å². The van der Waals surface area contributed by atoms with Crippen LogP contribution in [-0.2, 0) is 0 Å². The van der Waals surface area contributed by atoms with Gasteiger partial charge in [0, 0.05) is 13.1 Å². The van der Waals surface area contributed by atoms with Crippen molar-refractivity contribution in [2.45, 2.75) is 26.7 Å². The molecule has 0 saturated carbocycles. The number of nitrogens with zero attached hydrogens (tertiary/aromatic N) is 1. The van der Waals surface area contributed by atoms with Gasteiger partial charge in [-0.05, 0) is 36.6 Å². The Morgan fingerprint density at radius 1 is 1.53 bits per heavy atom. The van der Waals surface area contributed by atoms with Crippen LogP contribution in [0.4, 0.5) is 10.5 Å². The molecule has 6 heteroatoms. The van der Waals surface area contributed by atoms with Gasteiger partial charge in [-0.25, -0.2) is 9.59 Å². The van der Waals surface area contributed by atoms with Gasteiger partial charge in [0.25, 0.3) is 0 Å². The number of nitrogens with one attached hydrogen (secondary N) is 1. The molecule has 2 heterocycles. The highest BCUT2D eigenvalue weighted by Crippen LogP contribution is 2.28. The van der Waals surface area contributed by atoms with Crippen LogP contribution < -0.4 is 5.32 Å². The lowest BCUT2D eigenvalue weighted by Crippen LogP contribution is -2.41. The Morgan fingerprint density at radius 2 is 2.26 bits per heavy atom. The van der Waals surface area contributed by atoms with Crippen molar-refractivity contribution in [3.05, 3.63) is 15.8 Å². The maximum Gasteiger partial charge on any atom is 0.348 e. The lowest BCUT2D eigenvalue weighted by molar-refractivity contribution is 0.0703. The van der Waals surface area contributed by atoms with Crippen molar-refractivity contribution in [2.75, 3.05) is 18.4 Å². The largest absolute Gasteiger partial charge is 0.477 e. The van der Waals surface area contributed by atoms with E-state index in [0.29, 0.717) is 11.6 Å². The number of thiophene rings is 1. The van der Waals surface area contributed by atoms with Gasteiger partial charge < -0.3 is 15.3 Å². The van der Waals surface area contributed by atoms with E-state index < -0.39 is 5.97 Å². The van der Waals surface area contributed by atoms with Crippen LogP contribution in [0.2, 0.25) is 0 Å². The van der Waals surface area contributed by atoms with Crippen LogP contribution in [0.5, 0.6) is 0 Å². The summed E-state index contributed by atoms with van der Waals surface area (Å²) in [6.07, 6.45) is 2.14.